The van der Waals surface area contributed by atoms with Crippen LogP contribution < -0.4 is 5.32 Å². The lowest BCUT2D eigenvalue weighted by atomic mass is 10.2. The summed E-state index contributed by atoms with van der Waals surface area (Å²) in [5, 5.41) is 7.60. The molecule has 19 heavy (non-hydrogen) atoms. The molecule has 100 valence electrons. The predicted molar refractivity (Wildman–Crippen MR) is 67.5 cm³/mol. The quantitative estimate of drug-likeness (QED) is 0.898. The number of nitrogens with one attached hydrogen (secondary N) is 1. The summed E-state index contributed by atoms with van der Waals surface area (Å²) in [5.74, 6) is -1.12. The Labute approximate surface area is 110 Å². The molecule has 1 saturated carbocycles. The van der Waals surface area contributed by atoms with Gasteiger partial charge in [-0.25, -0.2) is 8.78 Å². The molecule has 1 aliphatic carbocycles. The summed E-state index contributed by atoms with van der Waals surface area (Å²) in [5.41, 5.74) is 1.66. The highest BCUT2D eigenvalue weighted by Crippen LogP contribution is 2.19. The molecule has 0 atom stereocenters. The maximum absolute atomic E-state index is 13.1. The Morgan fingerprint density at radius 3 is 2.58 bits per heavy atom. The zero-order valence-electron chi connectivity index (χ0n) is 10.4. The van der Waals surface area contributed by atoms with Gasteiger partial charge in [-0.1, -0.05) is 0 Å². The summed E-state index contributed by atoms with van der Waals surface area (Å²) in [6.07, 6.45) is 6.18. The molecular weight excluding hydrogens is 248 g/mol. The van der Waals surface area contributed by atoms with E-state index >= 15 is 0 Å². The van der Waals surface area contributed by atoms with Crippen molar-refractivity contribution in [3.05, 3.63) is 53.4 Å². The second-order valence-electron chi connectivity index (χ2n) is 4.98. The molecule has 0 saturated heterocycles. The fraction of sp³-hybridized carbons (Fsp3) is 0.357. The topological polar surface area (TPSA) is 29.9 Å². The van der Waals surface area contributed by atoms with Crippen LogP contribution in [-0.2, 0) is 13.1 Å². The van der Waals surface area contributed by atoms with Gasteiger partial charge in [-0.3, -0.25) is 4.68 Å². The number of hydrogen-bond donors (Lipinski definition) is 1. The molecule has 3 rings (SSSR count). The minimum absolute atomic E-state index is 0.373. The monoisotopic (exact) mass is 263 g/mol. The maximum atomic E-state index is 13.1. The molecule has 1 fully saturated rings. The van der Waals surface area contributed by atoms with Gasteiger partial charge >= 0.3 is 0 Å². The Balaban J connectivity index is 1.65. The van der Waals surface area contributed by atoms with Gasteiger partial charge in [0.1, 0.15) is 11.6 Å². The van der Waals surface area contributed by atoms with Gasteiger partial charge in [-0.15, -0.1) is 0 Å². The van der Waals surface area contributed by atoms with Gasteiger partial charge in [0.25, 0.3) is 0 Å². The number of benzene rings is 1. The van der Waals surface area contributed by atoms with E-state index in [9.17, 15) is 8.78 Å². The molecule has 0 bridgehead atoms. The van der Waals surface area contributed by atoms with Gasteiger partial charge in [0.15, 0.2) is 0 Å². The standard InChI is InChI=1S/C14H15F2N3/c15-12-3-10(4-13(16)5-12)8-19-9-11(7-18-19)6-17-14-1-2-14/h3-5,7,9,14,17H,1-2,6,8H2. The Morgan fingerprint density at radius 1 is 1.16 bits per heavy atom. The van der Waals surface area contributed by atoms with Crippen molar-refractivity contribution in [3.8, 4) is 0 Å². The van der Waals surface area contributed by atoms with Crippen molar-refractivity contribution in [1.29, 1.82) is 0 Å². The van der Waals surface area contributed by atoms with Gasteiger partial charge in [0, 0.05) is 30.4 Å². The van der Waals surface area contributed by atoms with E-state index in [0.29, 0.717) is 18.2 Å². The Bertz CT molecular complexity index is 556. The minimum atomic E-state index is -0.558. The van der Waals surface area contributed by atoms with E-state index in [-0.39, 0.29) is 0 Å². The van der Waals surface area contributed by atoms with Crippen LogP contribution in [0.5, 0.6) is 0 Å². The predicted octanol–water partition coefficient (Wildman–Crippen LogP) is 2.46. The zero-order valence-corrected chi connectivity index (χ0v) is 10.4. The zero-order chi connectivity index (χ0) is 13.2. The van der Waals surface area contributed by atoms with Crippen LogP contribution in [0.3, 0.4) is 0 Å². The Kier molecular flexibility index (Phi) is 3.29. The number of aromatic nitrogens is 2. The first-order valence-corrected chi connectivity index (χ1v) is 6.39. The van der Waals surface area contributed by atoms with Crippen molar-refractivity contribution in [2.24, 2.45) is 0 Å². The molecule has 1 N–H and O–H groups in total. The van der Waals surface area contributed by atoms with Crippen LogP contribution >= 0.6 is 0 Å². The number of hydrogen-bond acceptors (Lipinski definition) is 2. The summed E-state index contributed by atoms with van der Waals surface area (Å²) in [7, 11) is 0. The molecule has 0 spiro atoms. The van der Waals surface area contributed by atoms with Crippen LogP contribution in [0, 0.1) is 11.6 Å². The first-order valence-electron chi connectivity index (χ1n) is 6.39. The summed E-state index contributed by atoms with van der Waals surface area (Å²) in [4.78, 5) is 0. The van der Waals surface area contributed by atoms with E-state index in [1.54, 1.807) is 10.9 Å². The van der Waals surface area contributed by atoms with Gasteiger partial charge in [0.05, 0.1) is 12.7 Å². The molecular formula is C14H15F2N3. The second-order valence-corrected chi connectivity index (χ2v) is 4.98. The fourth-order valence-corrected chi connectivity index (χ4v) is 2.02. The minimum Gasteiger partial charge on any atom is -0.310 e. The van der Waals surface area contributed by atoms with Crippen LogP contribution in [0.15, 0.2) is 30.6 Å². The number of rotatable bonds is 5. The van der Waals surface area contributed by atoms with E-state index in [0.717, 1.165) is 18.2 Å². The van der Waals surface area contributed by atoms with Gasteiger partial charge < -0.3 is 5.32 Å². The third-order valence-corrected chi connectivity index (χ3v) is 3.13. The smallest absolute Gasteiger partial charge is 0.126 e. The average Bonchev–Trinajstić information content (AvgIpc) is 3.06. The van der Waals surface area contributed by atoms with Crippen molar-refractivity contribution in [2.45, 2.75) is 32.0 Å². The molecule has 0 aliphatic heterocycles. The van der Waals surface area contributed by atoms with Crippen LogP contribution in [0.25, 0.3) is 0 Å². The Hall–Kier alpha value is -1.75. The van der Waals surface area contributed by atoms with E-state index in [1.807, 2.05) is 6.20 Å². The molecule has 1 aromatic heterocycles. The van der Waals surface area contributed by atoms with Crippen molar-refractivity contribution >= 4 is 0 Å². The fourth-order valence-electron chi connectivity index (χ4n) is 2.02. The van der Waals surface area contributed by atoms with Gasteiger partial charge in [-0.05, 0) is 30.5 Å². The first-order chi connectivity index (χ1) is 9.19. The highest BCUT2D eigenvalue weighted by molar-refractivity contribution is 5.18. The molecule has 0 amide bonds. The van der Waals surface area contributed by atoms with Crippen molar-refractivity contribution < 1.29 is 8.78 Å². The Morgan fingerprint density at radius 2 is 1.89 bits per heavy atom. The lowest BCUT2D eigenvalue weighted by molar-refractivity contribution is 0.574. The molecule has 5 heteroatoms. The SMILES string of the molecule is Fc1cc(F)cc(Cn2cc(CNC3CC3)cn2)c1. The van der Waals surface area contributed by atoms with E-state index in [2.05, 4.69) is 10.4 Å². The second kappa shape index (κ2) is 5.09. The third kappa shape index (κ3) is 3.38. The average molecular weight is 263 g/mol. The molecule has 2 aromatic rings. The van der Waals surface area contributed by atoms with Gasteiger partial charge in [0.2, 0.25) is 0 Å². The van der Waals surface area contributed by atoms with Crippen LogP contribution in [0.1, 0.15) is 24.0 Å². The lowest BCUT2D eigenvalue weighted by Gasteiger charge is -2.03. The van der Waals surface area contributed by atoms with Crippen LogP contribution in [-0.4, -0.2) is 15.8 Å². The summed E-state index contributed by atoms with van der Waals surface area (Å²) < 4.78 is 27.8. The molecule has 1 aliphatic rings. The van der Waals surface area contributed by atoms with Crippen LogP contribution in [0.4, 0.5) is 8.78 Å². The largest absolute Gasteiger partial charge is 0.310 e. The van der Waals surface area contributed by atoms with Crippen molar-refractivity contribution in [1.82, 2.24) is 15.1 Å². The summed E-state index contributed by atoms with van der Waals surface area (Å²) >= 11 is 0. The summed E-state index contributed by atoms with van der Waals surface area (Å²) in [6.45, 7) is 1.17. The van der Waals surface area contributed by atoms with Gasteiger partial charge in [-0.2, -0.15) is 5.10 Å². The number of nitrogens with zero attached hydrogens (tertiary/aromatic N) is 2. The highest BCUT2D eigenvalue weighted by Gasteiger charge is 2.20. The summed E-state index contributed by atoms with van der Waals surface area (Å²) in [6, 6.07) is 4.18. The number of halogens is 2. The first kappa shape index (κ1) is 12.3. The van der Waals surface area contributed by atoms with E-state index in [1.165, 1.54) is 25.0 Å². The van der Waals surface area contributed by atoms with E-state index in [4.69, 9.17) is 0 Å². The molecule has 3 nitrogen and oxygen atoms in total. The van der Waals surface area contributed by atoms with E-state index < -0.39 is 11.6 Å². The molecule has 1 aromatic carbocycles. The normalized spacial score (nSPS) is 14.8. The lowest BCUT2D eigenvalue weighted by Crippen LogP contribution is -2.14. The van der Waals surface area contributed by atoms with Crippen molar-refractivity contribution in [3.63, 3.8) is 0 Å². The molecule has 0 unspecified atom stereocenters. The highest BCUT2D eigenvalue weighted by atomic mass is 19.1. The maximum Gasteiger partial charge on any atom is 0.126 e. The molecule has 1 heterocycles. The molecule has 0 radical (unpaired) electrons. The van der Waals surface area contributed by atoms with Crippen LogP contribution in [0.2, 0.25) is 0 Å². The van der Waals surface area contributed by atoms with Crippen molar-refractivity contribution in [2.75, 3.05) is 0 Å². The third-order valence-electron chi connectivity index (χ3n) is 3.13.